The standard InChI is InChI=1S/C14H23NOS/c1-3-9-15-12-13-5-7-14(8-6-13)16-10-11-17-4-2/h5-8,15H,3-4,9-12H2,1-2H3. The lowest BCUT2D eigenvalue weighted by Gasteiger charge is -2.07. The Balaban J connectivity index is 2.24. The first-order valence-electron chi connectivity index (χ1n) is 6.37. The third-order valence-corrected chi connectivity index (χ3v) is 3.24. The number of hydrogen-bond donors (Lipinski definition) is 1. The van der Waals surface area contributed by atoms with Crippen molar-refractivity contribution in [2.45, 2.75) is 26.8 Å². The summed E-state index contributed by atoms with van der Waals surface area (Å²) in [5.74, 6) is 3.20. The Morgan fingerprint density at radius 3 is 2.59 bits per heavy atom. The van der Waals surface area contributed by atoms with Gasteiger partial charge in [-0.2, -0.15) is 11.8 Å². The van der Waals surface area contributed by atoms with Crippen LogP contribution in [0.25, 0.3) is 0 Å². The monoisotopic (exact) mass is 253 g/mol. The fraction of sp³-hybridized carbons (Fsp3) is 0.571. The Bertz CT molecular complexity index is 287. The molecular weight excluding hydrogens is 230 g/mol. The fourth-order valence-electron chi connectivity index (χ4n) is 1.48. The summed E-state index contributed by atoms with van der Waals surface area (Å²) in [6, 6.07) is 8.37. The molecule has 1 rings (SSSR count). The molecule has 0 amide bonds. The predicted molar refractivity (Wildman–Crippen MR) is 76.9 cm³/mol. The molecule has 0 heterocycles. The highest BCUT2D eigenvalue weighted by molar-refractivity contribution is 7.99. The zero-order valence-corrected chi connectivity index (χ0v) is 11.7. The summed E-state index contributed by atoms with van der Waals surface area (Å²) in [6.45, 7) is 7.17. The second kappa shape index (κ2) is 9.37. The van der Waals surface area contributed by atoms with Crippen LogP contribution in [0.2, 0.25) is 0 Å². The Morgan fingerprint density at radius 2 is 1.94 bits per heavy atom. The van der Waals surface area contributed by atoms with Crippen molar-refractivity contribution in [2.24, 2.45) is 0 Å². The van der Waals surface area contributed by atoms with Crippen LogP contribution in [0.15, 0.2) is 24.3 Å². The van der Waals surface area contributed by atoms with Crippen molar-refractivity contribution in [3.05, 3.63) is 29.8 Å². The number of hydrogen-bond acceptors (Lipinski definition) is 3. The number of thioether (sulfide) groups is 1. The average Bonchev–Trinajstić information content (AvgIpc) is 2.37. The molecule has 0 aromatic heterocycles. The van der Waals surface area contributed by atoms with E-state index in [4.69, 9.17) is 4.74 Å². The summed E-state index contributed by atoms with van der Waals surface area (Å²) >= 11 is 1.91. The first-order valence-corrected chi connectivity index (χ1v) is 7.52. The maximum Gasteiger partial charge on any atom is 0.119 e. The van der Waals surface area contributed by atoms with Gasteiger partial charge in [-0.15, -0.1) is 0 Å². The molecular formula is C14H23NOS. The zero-order valence-electron chi connectivity index (χ0n) is 10.9. The molecule has 1 aromatic rings. The predicted octanol–water partition coefficient (Wildman–Crippen LogP) is 3.32. The van der Waals surface area contributed by atoms with E-state index < -0.39 is 0 Å². The van der Waals surface area contributed by atoms with Gasteiger partial charge in [-0.25, -0.2) is 0 Å². The van der Waals surface area contributed by atoms with E-state index in [1.54, 1.807) is 0 Å². The Labute approximate surface area is 109 Å². The molecule has 2 nitrogen and oxygen atoms in total. The van der Waals surface area contributed by atoms with Crippen LogP contribution in [0.5, 0.6) is 5.75 Å². The molecule has 0 aliphatic heterocycles. The van der Waals surface area contributed by atoms with Crippen LogP contribution in [0.1, 0.15) is 25.8 Å². The maximum absolute atomic E-state index is 5.65. The second-order valence-electron chi connectivity index (χ2n) is 3.87. The van der Waals surface area contributed by atoms with E-state index >= 15 is 0 Å². The van der Waals surface area contributed by atoms with Gasteiger partial charge in [0, 0.05) is 12.3 Å². The molecule has 17 heavy (non-hydrogen) atoms. The number of rotatable bonds is 9. The number of nitrogens with one attached hydrogen (secondary N) is 1. The van der Waals surface area contributed by atoms with Gasteiger partial charge in [0.25, 0.3) is 0 Å². The third kappa shape index (κ3) is 6.59. The average molecular weight is 253 g/mol. The summed E-state index contributed by atoms with van der Waals surface area (Å²) < 4.78 is 5.65. The van der Waals surface area contributed by atoms with E-state index in [0.29, 0.717) is 0 Å². The van der Waals surface area contributed by atoms with E-state index in [1.165, 1.54) is 12.0 Å². The number of ether oxygens (including phenoxy) is 1. The molecule has 3 heteroatoms. The molecule has 0 bridgehead atoms. The second-order valence-corrected chi connectivity index (χ2v) is 5.26. The molecule has 96 valence electrons. The molecule has 0 saturated heterocycles. The van der Waals surface area contributed by atoms with Crippen molar-refractivity contribution in [3.8, 4) is 5.75 Å². The summed E-state index contributed by atoms with van der Waals surface area (Å²) in [7, 11) is 0. The van der Waals surface area contributed by atoms with Gasteiger partial charge in [0.05, 0.1) is 6.61 Å². The largest absolute Gasteiger partial charge is 0.493 e. The van der Waals surface area contributed by atoms with Crippen LogP contribution in [0.3, 0.4) is 0 Å². The smallest absolute Gasteiger partial charge is 0.119 e. The Morgan fingerprint density at radius 1 is 1.18 bits per heavy atom. The Hall–Kier alpha value is -0.670. The van der Waals surface area contributed by atoms with Gasteiger partial charge in [-0.1, -0.05) is 26.0 Å². The van der Waals surface area contributed by atoms with Gasteiger partial charge in [0.1, 0.15) is 5.75 Å². The van der Waals surface area contributed by atoms with Crippen LogP contribution in [-0.2, 0) is 6.54 Å². The van der Waals surface area contributed by atoms with Gasteiger partial charge >= 0.3 is 0 Å². The molecule has 0 spiro atoms. The minimum atomic E-state index is 0.798. The van der Waals surface area contributed by atoms with Crippen molar-refractivity contribution in [2.75, 3.05) is 24.7 Å². The van der Waals surface area contributed by atoms with Crippen LogP contribution in [0, 0.1) is 0 Å². The lowest BCUT2D eigenvalue weighted by atomic mass is 10.2. The molecule has 0 aliphatic carbocycles. The normalized spacial score (nSPS) is 10.5. The molecule has 0 aliphatic rings. The number of benzene rings is 1. The summed E-state index contributed by atoms with van der Waals surface area (Å²) in [5.41, 5.74) is 1.31. The first kappa shape index (κ1) is 14.4. The van der Waals surface area contributed by atoms with Crippen LogP contribution < -0.4 is 10.1 Å². The molecule has 0 radical (unpaired) electrons. The zero-order chi connectivity index (χ0) is 12.3. The molecule has 0 saturated carbocycles. The van der Waals surface area contributed by atoms with Crippen molar-refractivity contribution in [1.29, 1.82) is 0 Å². The van der Waals surface area contributed by atoms with Gasteiger partial charge in [0.15, 0.2) is 0 Å². The highest BCUT2D eigenvalue weighted by Crippen LogP contribution is 2.12. The van der Waals surface area contributed by atoms with Crippen molar-refractivity contribution in [1.82, 2.24) is 5.32 Å². The van der Waals surface area contributed by atoms with Crippen LogP contribution >= 0.6 is 11.8 Å². The van der Waals surface area contributed by atoms with E-state index in [1.807, 2.05) is 11.8 Å². The highest BCUT2D eigenvalue weighted by Gasteiger charge is 1.95. The third-order valence-electron chi connectivity index (χ3n) is 2.38. The molecule has 1 aromatic carbocycles. The van der Waals surface area contributed by atoms with E-state index in [9.17, 15) is 0 Å². The molecule has 1 N–H and O–H groups in total. The van der Waals surface area contributed by atoms with Crippen LogP contribution in [-0.4, -0.2) is 24.7 Å². The maximum atomic E-state index is 5.65. The van der Waals surface area contributed by atoms with E-state index in [0.717, 1.165) is 37.0 Å². The van der Waals surface area contributed by atoms with E-state index in [2.05, 4.69) is 43.4 Å². The molecule has 0 unspecified atom stereocenters. The van der Waals surface area contributed by atoms with Crippen molar-refractivity contribution in [3.63, 3.8) is 0 Å². The first-order chi connectivity index (χ1) is 8.36. The van der Waals surface area contributed by atoms with Gasteiger partial charge in [-0.3, -0.25) is 0 Å². The van der Waals surface area contributed by atoms with Gasteiger partial charge in [0.2, 0.25) is 0 Å². The topological polar surface area (TPSA) is 21.3 Å². The minimum absolute atomic E-state index is 0.798. The lowest BCUT2D eigenvalue weighted by molar-refractivity contribution is 0.344. The molecule has 0 atom stereocenters. The van der Waals surface area contributed by atoms with Crippen LogP contribution in [0.4, 0.5) is 0 Å². The van der Waals surface area contributed by atoms with Crippen molar-refractivity contribution < 1.29 is 4.74 Å². The minimum Gasteiger partial charge on any atom is -0.493 e. The Kier molecular flexibility index (Phi) is 7.93. The van der Waals surface area contributed by atoms with Crippen molar-refractivity contribution >= 4 is 11.8 Å². The van der Waals surface area contributed by atoms with Gasteiger partial charge in [-0.05, 0) is 36.4 Å². The summed E-state index contributed by atoms with van der Waals surface area (Å²) in [6.07, 6.45) is 1.18. The fourth-order valence-corrected chi connectivity index (χ4v) is 1.97. The van der Waals surface area contributed by atoms with E-state index in [-0.39, 0.29) is 0 Å². The summed E-state index contributed by atoms with van der Waals surface area (Å²) in [5, 5.41) is 3.39. The SMILES string of the molecule is CCCNCc1ccc(OCCSCC)cc1. The molecule has 0 fully saturated rings. The quantitative estimate of drug-likeness (QED) is 0.682. The lowest BCUT2D eigenvalue weighted by Crippen LogP contribution is -2.13. The van der Waals surface area contributed by atoms with Gasteiger partial charge < -0.3 is 10.1 Å². The highest BCUT2D eigenvalue weighted by atomic mass is 32.2. The summed E-state index contributed by atoms with van der Waals surface area (Å²) in [4.78, 5) is 0.